The van der Waals surface area contributed by atoms with E-state index in [1.54, 1.807) is 7.05 Å². The molecule has 1 aromatic rings. The molecule has 2 aliphatic heterocycles. The Morgan fingerprint density at radius 3 is 2.68 bits per heavy atom. The van der Waals surface area contributed by atoms with Crippen LogP contribution in [0.25, 0.3) is 0 Å². The molecule has 0 radical (unpaired) electrons. The van der Waals surface area contributed by atoms with Gasteiger partial charge in [-0.3, -0.25) is 9.89 Å². The van der Waals surface area contributed by atoms with E-state index >= 15 is 0 Å². The van der Waals surface area contributed by atoms with Gasteiger partial charge in [0.1, 0.15) is 0 Å². The van der Waals surface area contributed by atoms with E-state index in [2.05, 4.69) is 26.6 Å². The Labute approximate surface area is 149 Å². The molecule has 2 heterocycles. The summed E-state index contributed by atoms with van der Waals surface area (Å²) in [5, 5.41) is 6.70. The summed E-state index contributed by atoms with van der Waals surface area (Å²) in [5.74, 6) is 2.46. The van der Waals surface area contributed by atoms with Gasteiger partial charge in [-0.25, -0.2) is 0 Å². The van der Waals surface area contributed by atoms with Crippen LogP contribution in [0.3, 0.4) is 0 Å². The van der Waals surface area contributed by atoms with Gasteiger partial charge in [0, 0.05) is 46.2 Å². The van der Waals surface area contributed by atoms with E-state index in [9.17, 15) is 0 Å². The molecule has 25 heavy (non-hydrogen) atoms. The Balaban J connectivity index is 1.43. The van der Waals surface area contributed by atoms with Crippen LogP contribution >= 0.6 is 0 Å². The number of fused-ring (bicyclic) bond motifs is 1. The summed E-state index contributed by atoms with van der Waals surface area (Å²) in [7, 11) is 1.79. The normalized spacial score (nSPS) is 18.5. The van der Waals surface area contributed by atoms with Gasteiger partial charge in [-0.05, 0) is 17.7 Å². The number of hydrogen-bond donors (Lipinski definition) is 2. The molecule has 1 saturated heterocycles. The van der Waals surface area contributed by atoms with Crippen molar-refractivity contribution in [3.8, 4) is 11.5 Å². The van der Waals surface area contributed by atoms with Crippen LogP contribution in [0.2, 0.25) is 0 Å². The lowest BCUT2D eigenvalue weighted by molar-refractivity contribution is 0.0389. The Morgan fingerprint density at radius 1 is 1.08 bits per heavy atom. The zero-order valence-corrected chi connectivity index (χ0v) is 14.9. The highest BCUT2D eigenvalue weighted by Crippen LogP contribution is 2.30. The van der Waals surface area contributed by atoms with Crippen LogP contribution < -0.4 is 20.1 Å². The fourth-order valence-corrected chi connectivity index (χ4v) is 2.88. The van der Waals surface area contributed by atoms with Crippen molar-refractivity contribution in [1.82, 2.24) is 15.5 Å². The minimum atomic E-state index is 0.688. The molecule has 0 bridgehead atoms. The number of ether oxygens (including phenoxy) is 3. The van der Waals surface area contributed by atoms with Crippen LogP contribution in [-0.4, -0.2) is 70.5 Å². The number of benzene rings is 1. The van der Waals surface area contributed by atoms with E-state index in [1.165, 1.54) is 0 Å². The molecule has 7 heteroatoms. The Kier molecular flexibility index (Phi) is 6.76. The standard InChI is InChI=1S/C18H28N4O3/c1-19-18(20-5-6-22-7-11-23-12-8-22)21-14-15-3-4-16-17(13-15)25-10-2-9-24-16/h3-4,13H,2,5-12,14H2,1H3,(H2,19,20,21). The monoisotopic (exact) mass is 348 g/mol. The van der Waals surface area contributed by atoms with Gasteiger partial charge in [0.2, 0.25) is 0 Å². The van der Waals surface area contributed by atoms with E-state index in [0.29, 0.717) is 19.8 Å². The van der Waals surface area contributed by atoms with Crippen molar-refractivity contribution < 1.29 is 14.2 Å². The quantitative estimate of drug-likeness (QED) is 0.607. The van der Waals surface area contributed by atoms with Crippen LogP contribution in [-0.2, 0) is 11.3 Å². The zero-order valence-electron chi connectivity index (χ0n) is 14.9. The third kappa shape index (κ3) is 5.51. The van der Waals surface area contributed by atoms with E-state index < -0.39 is 0 Å². The average molecular weight is 348 g/mol. The first kappa shape index (κ1) is 17.8. The van der Waals surface area contributed by atoms with Crippen molar-refractivity contribution in [1.29, 1.82) is 0 Å². The van der Waals surface area contributed by atoms with Crippen molar-refractivity contribution in [2.75, 3.05) is 59.7 Å². The van der Waals surface area contributed by atoms with Gasteiger partial charge in [0.15, 0.2) is 17.5 Å². The summed E-state index contributed by atoms with van der Waals surface area (Å²) in [6.07, 6.45) is 0.919. The molecule has 2 N–H and O–H groups in total. The number of nitrogens with one attached hydrogen (secondary N) is 2. The molecule has 0 amide bonds. The van der Waals surface area contributed by atoms with Gasteiger partial charge >= 0.3 is 0 Å². The molecule has 2 aliphatic rings. The SMILES string of the molecule is CN=C(NCCN1CCOCC1)NCc1ccc2c(c1)OCCCO2. The highest BCUT2D eigenvalue weighted by atomic mass is 16.5. The molecule has 1 aromatic carbocycles. The van der Waals surface area contributed by atoms with Crippen LogP contribution in [0.15, 0.2) is 23.2 Å². The van der Waals surface area contributed by atoms with Gasteiger partial charge < -0.3 is 24.8 Å². The number of nitrogens with zero attached hydrogens (tertiary/aromatic N) is 2. The summed E-state index contributed by atoms with van der Waals surface area (Å²) >= 11 is 0. The van der Waals surface area contributed by atoms with Crippen LogP contribution in [0.1, 0.15) is 12.0 Å². The maximum atomic E-state index is 5.74. The fourth-order valence-electron chi connectivity index (χ4n) is 2.88. The molecular formula is C18H28N4O3. The fraction of sp³-hybridized carbons (Fsp3) is 0.611. The summed E-state index contributed by atoms with van der Waals surface area (Å²) < 4.78 is 16.8. The van der Waals surface area contributed by atoms with E-state index in [0.717, 1.165) is 68.8 Å². The van der Waals surface area contributed by atoms with Crippen LogP contribution in [0.4, 0.5) is 0 Å². The minimum absolute atomic E-state index is 0.688. The third-order valence-electron chi connectivity index (χ3n) is 4.32. The molecule has 3 rings (SSSR count). The number of rotatable bonds is 5. The predicted octanol–water partition coefficient (Wildman–Crippen LogP) is 0.845. The smallest absolute Gasteiger partial charge is 0.191 e. The second kappa shape index (κ2) is 9.48. The van der Waals surface area contributed by atoms with Crippen molar-refractivity contribution in [2.45, 2.75) is 13.0 Å². The second-order valence-corrected chi connectivity index (χ2v) is 6.14. The molecule has 0 unspecified atom stereocenters. The number of guanidine groups is 1. The highest BCUT2D eigenvalue weighted by molar-refractivity contribution is 5.79. The zero-order chi connectivity index (χ0) is 17.3. The molecule has 1 fully saturated rings. The molecular weight excluding hydrogens is 320 g/mol. The molecule has 0 spiro atoms. The largest absolute Gasteiger partial charge is 0.490 e. The highest BCUT2D eigenvalue weighted by Gasteiger charge is 2.11. The number of hydrogen-bond acceptors (Lipinski definition) is 5. The third-order valence-corrected chi connectivity index (χ3v) is 4.32. The average Bonchev–Trinajstić information content (AvgIpc) is 2.90. The Morgan fingerprint density at radius 2 is 1.88 bits per heavy atom. The van der Waals surface area contributed by atoms with Crippen molar-refractivity contribution in [3.63, 3.8) is 0 Å². The van der Waals surface area contributed by atoms with Crippen LogP contribution in [0.5, 0.6) is 11.5 Å². The molecule has 0 aromatic heterocycles. The first-order valence-corrected chi connectivity index (χ1v) is 8.98. The van der Waals surface area contributed by atoms with Gasteiger partial charge in [0.25, 0.3) is 0 Å². The molecule has 138 valence electrons. The second-order valence-electron chi connectivity index (χ2n) is 6.14. The van der Waals surface area contributed by atoms with Crippen molar-refractivity contribution in [3.05, 3.63) is 23.8 Å². The van der Waals surface area contributed by atoms with E-state index in [-0.39, 0.29) is 0 Å². The number of aliphatic imine (C=N–C) groups is 1. The molecule has 7 nitrogen and oxygen atoms in total. The van der Waals surface area contributed by atoms with E-state index in [1.807, 2.05) is 12.1 Å². The van der Waals surface area contributed by atoms with Crippen LogP contribution in [0, 0.1) is 0 Å². The lowest BCUT2D eigenvalue weighted by atomic mass is 10.2. The van der Waals surface area contributed by atoms with Crippen molar-refractivity contribution >= 4 is 5.96 Å². The first-order valence-electron chi connectivity index (χ1n) is 8.98. The number of morpholine rings is 1. The summed E-state index contributed by atoms with van der Waals surface area (Å²) in [6.45, 7) is 7.63. The molecule has 0 atom stereocenters. The Bertz CT molecular complexity index is 573. The topological polar surface area (TPSA) is 67.4 Å². The summed E-state index contributed by atoms with van der Waals surface area (Å²) in [4.78, 5) is 6.68. The maximum absolute atomic E-state index is 5.74. The van der Waals surface area contributed by atoms with Gasteiger partial charge in [-0.1, -0.05) is 6.07 Å². The van der Waals surface area contributed by atoms with Crippen molar-refractivity contribution in [2.24, 2.45) is 4.99 Å². The minimum Gasteiger partial charge on any atom is -0.490 e. The maximum Gasteiger partial charge on any atom is 0.191 e. The van der Waals surface area contributed by atoms with Gasteiger partial charge in [-0.2, -0.15) is 0 Å². The lowest BCUT2D eigenvalue weighted by Crippen LogP contribution is -2.44. The Hall–Kier alpha value is -1.99. The summed E-state index contributed by atoms with van der Waals surface area (Å²) in [5.41, 5.74) is 1.14. The summed E-state index contributed by atoms with van der Waals surface area (Å²) in [6, 6.07) is 6.07. The molecule has 0 saturated carbocycles. The van der Waals surface area contributed by atoms with E-state index in [4.69, 9.17) is 14.2 Å². The van der Waals surface area contributed by atoms with Gasteiger partial charge in [-0.15, -0.1) is 0 Å². The predicted molar refractivity (Wildman–Crippen MR) is 97.5 cm³/mol. The molecule has 0 aliphatic carbocycles. The van der Waals surface area contributed by atoms with Gasteiger partial charge in [0.05, 0.1) is 26.4 Å². The lowest BCUT2D eigenvalue weighted by Gasteiger charge is -2.26. The first-order chi connectivity index (χ1) is 12.3.